The third-order valence-electron chi connectivity index (χ3n) is 3.76. The standard InChI is InChI=1S/C15H23NO2/c1-11-9-12(7-8-15(11)18-2)14(17)10-16-13-5-3-4-6-13/h7-9,13-14,16-17H,3-6,10H2,1-2H3. The number of methoxy groups -OCH3 is 1. The molecule has 1 atom stereocenters. The van der Waals surface area contributed by atoms with Gasteiger partial charge in [-0.15, -0.1) is 0 Å². The maximum Gasteiger partial charge on any atom is 0.121 e. The van der Waals surface area contributed by atoms with E-state index in [1.54, 1.807) is 7.11 Å². The molecular formula is C15H23NO2. The van der Waals surface area contributed by atoms with Crippen LogP contribution in [0.25, 0.3) is 0 Å². The number of hydrogen-bond acceptors (Lipinski definition) is 3. The van der Waals surface area contributed by atoms with Crippen molar-refractivity contribution >= 4 is 0 Å². The van der Waals surface area contributed by atoms with E-state index in [0.29, 0.717) is 12.6 Å². The number of nitrogens with one attached hydrogen (secondary N) is 1. The molecule has 0 saturated heterocycles. The minimum atomic E-state index is -0.435. The van der Waals surface area contributed by atoms with Gasteiger partial charge in [-0.3, -0.25) is 0 Å². The Morgan fingerprint density at radius 1 is 1.39 bits per heavy atom. The van der Waals surface area contributed by atoms with Gasteiger partial charge in [0.05, 0.1) is 13.2 Å². The monoisotopic (exact) mass is 249 g/mol. The van der Waals surface area contributed by atoms with Gasteiger partial charge in [-0.2, -0.15) is 0 Å². The maximum absolute atomic E-state index is 10.2. The van der Waals surface area contributed by atoms with Gasteiger partial charge < -0.3 is 15.2 Å². The summed E-state index contributed by atoms with van der Waals surface area (Å²) in [5.74, 6) is 0.870. The minimum Gasteiger partial charge on any atom is -0.496 e. The van der Waals surface area contributed by atoms with Crippen LogP contribution in [-0.2, 0) is 0 Å². The fourth-order valence-corrected chi connectivity index (χ4v) is 2.63. The van der Waals surface area contributed by atoms with Crippen LogP contribution in [0.3, 0.4) is 0 Å². The normalized spacial score (nSPS) is 17.9. The van der Waals surface area contributed by atoms with Gasteiger partial charge in [-0.05, 0) is 43.0 Å². The van der Waals surface area contributed by atoms with Crippen LogP contribution in [0.2, 0.25) is 0 Å². The Balaban J connectivity index is 1.91. The van der Waals surface area contributed by atoms with Gasteiger partial charge >= 0.3 is 0 Å². The Morgan fingerprint density at radius 2 is 2.11 bits per heavy atom. The molecule has 1 aromatic rings. The van der Waals surface area contributed by atoms with Crippen LogP contribution in [0.1, 0.15) is 42.9 Å². The molecule has 1 unspecified atom stereocenters. The third kappa shape index (κ3) is 3.24. The average Bonchev–Trinajstić information content (AvgIpc) is 2.89. The van der Waals surface area contributed by atoms with Gasteiger partial charge in [0.2, 0.25) is 0 Å². The second-order valence-corrected chi connectivity index (χ2v) is 5.13. The predicted molar refractivity (Wildman–Crippen MR) is 72.9 cm³/mol. The fourth-order valence-electron chi connectivity index (χ4n) is 2.63. The predicted octanol–water partition coefficient (Wildman–Crippen LogP) is 2.57. The zero-order chi connectivity index (χ0) is 13.0. The maximum atomic E-state index is 10.2. The summed E-state index contributed by atoms with van der Waals surface area (Å²) >= 11 is 0. The summed E-state index contributed by atoms with van der Waals surface area (Å²) in [7, 11) is 1.67. The summed E-state index contributed by atoms with van der Waals surface area (Å²) in [4.78, 5) is 0. The smallest absolute Gasteiger partial charge is 0.121 e. The molecule has 3 nitrogen and oxygen atoms in total. The molecule has 2 N–H and O–H groups in total. The molecule has 1 aliphatic carbocycles. The van der Waals surface area contributed by atoms with E-state index >= 15 is 0 Å². The van der Waals surface area contributed by atoms with Gasteiger partial charge in [0, 0.05) is 12.6 Å². The number of ether oxygens (including phenoxy) is 1. The zero-order valence-electron chi connectivity index (χ0n) is 11.3. The van der Waals surface area contributed by atoms with Crippen molar-refractivity contribution in [2.45, 2.75) is 44.8 Å². The topological polar surface area (TPSA) is 41.5 Å². The Bertz CT molecular complexity index is 386. The molecule has 1 fully saturated rings. The van der Waals surface area contributed by atoms with E-state index in [9.17, 15) is 5.11 Å². The van der Waals surface area contributed by atoms with Gasteiger partial charge in [0.15, 0.2) is 0 Å². The van der Waals surface area contributed by atoms with E-state index in [1.165, 1.54) is 25.7 Å². The van der Waals surface area contributed by atoms with Crippen LogP contribution >= 0.6 is 0 Å². The molecule has 0 amide bonds. The van der Waals surface area contributed by atoms with E-state index in [0.717, 1.165) is 16.9 Å². The lowest BCUT2D eigenvalue weighted by atomic mass is 10.1. The van der Waals surface area contributed by atoms with Crippen LogP contribution < -0.4 is 10.1 Å². The van der Waals surface area contributed by atoms with Crippen molar-refractivity contribution in [3.63, 3.8) is 0 Å². The number of aliphatic hydroxyl groups is 1. The van der Waals surface area contributed by atoms with Crippen molar-refractivity contribution in [3.8, 4) is 5.75 Å². The van der Waals surface area contributed by atoms with Crippen LogP contribution in [0.5, 0.6) is 5.75 Å². The van der Waals surface area contributed by atoms with Crippen molar-refractivity contribution < 1.29 is 9.84 Å². The van der Waals surface area contributed by atoms with Crippen molar-refractivity contribution in [2.75, 3.05) is 13.7 Å². The molecule has 0 radical (unpaired) electrons. The average molecular weight is 249 g/mol. The highest BCUT2D eigenvalue weighted by Gasteiger charge is 2.16. The first kappa shape index (κ1) is 13.4. The van der Waals surface area contributed by atoms with E-state index in [2.05, 4.69) is 5.32 Å². The van der Waals surface area contributed by atoms with Crippen LogP contribution in [0.15, 0.2) is 18.2 Å². The van der Waals surface area contributed by atoms with E-state index < -0.39 is 6.10 Å². The molecule has 1 saturated carbocycles. The van der Waals surface area contributed by atoms with Gasteiger partial charge in [0.1, 0.15) is 5.75 Å². The highest BCUT2D eigenvalue weighted by molar-refractivity contribution is 5.37. The summed E-state index contributed by atoms with van der Waals surface area (Å²) in [5.41, 5.74) is 2.02. The first-order valence-electron chi connectivity index (χ1n) is 6.76. The first-order chi connectivity index (χ1) is 8.70. The number of hydrogen-bond donors (Lipinski definition) is 2. The van der Waals surface area contributed by atoms with Crippen molar-refractivity contribution in [2.24, 2.45) is 0 Å². The summed E-state index contributed by atoms with van der Waals surface area (Å²) in [6.45, 7) is 2.63. The second kappa shape index (κ2) is 6.21. The molecule has 18 heavy (non-hydrogen) atoms. The lowest BCUT2D eigenvalue weighted by Crippen LogP contribution is -2.30. The Labute approximate surface area is 109 Å². The van der Waals surface area contributed by atoms with Crippen molar-refractivity contribution in [1.82, 2.24) is 5.32 Å². The molecule has 0 aliphatic heterocycles. The SMILES string of the molecule is COc1ccc(C(O)CNC2CCCC2)cc1C. The molecule has 0 aromatic heterocycles. The molecule has 0 bridgehead atoms. The molecule has 0 spiro atoms. The van der Waals surface area contributed by atoms with E-state index in [4.69, 9.17) is 4.74 Å². The number of benzene rings is 1. The van der Waals surface area contributed by atoms with Gasteiger partial charge in [0.25, 0.3) is 0 Å². The number of aryl methyl sites for hydroxylation is 1. The second-order valence-electron chi connectivity index (χ2n) is 5.13. The van der Waals surface area contributed by atoms with Crippen molar-refractivity contribution in [3.05, 3.63) is 29.3 Å². The Morgan fingerprint density at radius 3 is 2.72 bits per heavy atom. The molecule has 1 aliphatic rings. The molecule has 0 heterocycles. The molecule has 2 rings (SSSR count). The van der Waals surface area contributed by atoms with Gasteiger partial charge in [-0.25, -0.2) is 0 Å². The van der Waals surface area contributed by atoms with Crippen LogP contribution in [0.4, 0.5) is 0 Å². The lowest BCUT2D eigenvalue weighted by molar-refractivity contribution is 0.170. The summed E-state index contributed by atoms with van der Waals surface area (Å²) in [6, 6.07) is 6.45. The third-order valence-corrected chi connectivity index (χ3v) is 3.76. The molecule has 3 heteroatoms. The quantitative estimate of drug-likeness (QED) is 0.842. The number of aliphatic hydroxyl groups excluding tert-OH is 1. The molecule has 100 valence electrons. The summed E-state index contributed by atoms with van der Waals surface area (Å²) in [6.07, 6.45) is 4.68. The molecular weight excluding hydrogens is 226 g/mol. The fraction of sp³-hybridized carbons (Fsp3) is 0.600. The molecule has 1 aromatic carbocycles. The Kier molecular flexibility index (Phi) is 4.61. The van der Waals surface area contributed by atoms with Crippen LogP contribution in [-0.4, -0.2) is 24.8 Å². The number of rotatable bonds is 5. The lowest BCUT2D eigenvalue weighted by Gasteiger charge is -2.17. The summed E-state index contributed by atoms with van der Waals surface area (Å²) < 4.78 is 5.22. The van der Waals surface area contributed by atoms with E-state index in [-0.39, 0.29) is 0 Å². The van der Waals surface area contributed by atoms with E-state index in [1.807, 2.05) is 25.1 Å². The minimum absolute atomic E-state index is 0.435. The highest BCUT2D eigenvalue weighted by atomic mass is 16.5. The zero-order valence-corrected chi connectivity index (χ0v) is 11.3. The highest BCUT2D eigenvalue weighted by Crippen LogP contribution is 2.23. The Hall–Kier alpha value is -1.06. The van der Waals surface area contributed by atoms with Gasteiger partial charge in [-0.1, -0.05) is 18.9 Å². The van der Waals surface area contributed by atoms with Crippen molar-refractivity contribution in [1.29, 1.82) is 0 Å². The summed E-state index contributed by atoms with van der Waals surface area (Å²) in [5, 5.41) is 13.6. The largest absolute Gasteiger partial charge is 0.496 e. The van der Waals surface area contributed by atoms with Crippen LogP contribution in [0, 0.1) is 6.92 Å². The first-order valence-corrected chi connectivity index (χ1v) is 6.76.